The van der Waals surface area contributed by atoms with Gasteiger partial charge in [-0.1, -0.05) is 17.7 Å². The smallest absolute Gasteiger partial charge is 0.268 e. The maximum atomic E-state index is 11.6. The Labute approximate surface area is 86.1 Å². The molecule has 14 heavy (non-hydrogen) atoms. The fourth-order valence-electron chi connectivity index (χ4n) is 1.34. The van der Waals surface area contributed by atoms with Crippen molar-refractivity contribution in [1.82, 2.24) is 4.31 Å². The lowest BCUT2D eigenvalue weighted by Gasteiger charge is -2.05. The van der Waals surface area contributed by atoms with Crippen molar-refractivity contribution in [1.29, 1.82) is 0 Å². The highest BCUT2D eigenvalue weighted by molar-refractivity contribution is 7.90. The van der Waals surface area contributed by atoms with Gasteiger partial charge in [-0.3, -0.25) is 4.79 Å². The van der Waals surface area contributed by atoms with Crippen molar-refractivity contribution < 1.29 is 13.2 Å². The molecule has 1 amide bonds. The van der Waals surface area contributed by atoms with Crippen molar-refractivity contribution in [3.05, 3.63) is 28.8 Å². The summed E-state index contributed by atoms with van der Waals surface area (Å²) in [7, 11) is -2.44. The summed E-state index contributed by atoms with van der Waals surface area (Å²) in [6, 6.07) is 4.37. The number of carbonyl (C=O) groups excluding carboxylic acids is 1. The van der Waals surface area contributed by atoms with Crippen LogP contribution >= 0.6 is 11.6 Å². The molecule has 4 nitrogen and oxygen atoms in total. The van der Waals surface area contributed by atoms with Gasteiger partial charge in [0.05, 0.1) is 10.6 Å². The van der Waals surface area contributed by atoms with E-state index in [4.69, 9.17) is 11.6 Å². The first-order valence-corrected chi connectivity index (χ1v) is 5.60. The van der Waals surface area contributed by atoms with Crippen LogP contribution in [-0.4, -0.2) is 25.7 Å². The molecule has 1 aliphatic heterocycles. The number of nitrogens with zero attached hydrogens (tertiary/aromatic N) is 1. The molecule has 1 aromatic carbocycles. The Kier molecular flexibility index (Phi) is 1.84. The second-order valence-corrected chi connectivity index (χ2v) is 5.24. The van der Waals surface area contributed by atoms with Gasteiger partial charge in [-0.2, -0.15) is 0 Å². The molecule has 0 saturated heterocycles. The van der Waals surface area contributed by atoms with E-state index < -0.39 is 15.9 Å². The van der Waals surface area contributed by atoms with E-state index in [0.717, 1.165) is 0 Å². The van der Waals surface area contributed by atoms with Gasteiger partial charge in [-0.05, 0) is 12.1 Å². The van der Waals surface area contributed by atoms with Crippen LogP contribution < -0.4 is 0 Å². The summed E-state index contributed by atoms with van der Waals surface area (Å²) in [4.78, 5) is 11.5. The summed E-state index contributed by atoms with van der Waals surface area (Å²) in [5.41, 5.74) is 0.0664. The average Bonchev–Trinajstić information content (AvgIpc) is 2.30. The summed E-state index contributed by atoms with van der Waals surface area (Å²) < 4.78 is 23.9. The number of benzene rings is 1. The lowest BCUT2D eigenvalue weighted by molar-refractivity contribution is 0.0892. The highest BCUT2D eigenvalue weighted by atomic mass is 35.5. The quantitative estimate of drug-likeness (QED) is 0.672. The monoisotopic (exact) mass is 231 g/mol. The van der Waals surface area contributed by atoms with Gasteiger partial charge in [0, 0.05) is 7.05 Å². The maximum Gasteiger partial charge on any atom is 0.270 e. The van der Waals surface area contributed by atoms with E-state index in [9.17, 15) is 13.2 Å². The van der Waals surface area contributed by atoms with Crippen LogP contribution in [0.15, 0.2) is 23.1 Å². The molecule has 0 bridgehead atoms. The number of sulfonamides is 1. The molecule has 0 atom stereocenters. The van der Waals surface area contributed by atoms with Gasteiger partial charge in [0.25, 0.3) is 15.9 Å². The Morgan fingerprint density at radius 2 is 2.00 bits per heavy atom. The minimum absolute atomic E-state index is 0.0162. The number of hydrogen-bond donors (Lipinski definition) is 0. The van der Waals surface area contributed by atoms with E-state index in [1.807, 2.05) is 0 Å². The summed E-state index contributed by atoms with van der Waals surface area (Å²) in [5, 5.41) is 0.167. The van der Waals surface area contributed by atoms with Crippen molar-refractivity contribution in [2.75, 3.05) is 7.05 Å². The Hall–Kier alpha value is -1.07. The number of rotatable bonds is 0. The zero-order valence-electron chi connectivity index (χ0n) is 7.19. The van der Waals surface area contributed by atoms with Crippen molar-refractivity contribution in [2.24, 2.45) is 0 Å². The van der Waals surface area contributed by atoms with Crippen LogP contribution in [0, 0.1) is 0 Å². The van der Waals surface area contributed by atoms with Crippen LogP contribution in [0.4, 0.5) is 0 Å². The lowest BCUT2D eigenvalue weighted by atomic mass is 10.2. The lowest BCUT2D eigenvalue weighted by Crippen LogP contribution is -2.24. The van der Waals surface area contributed by atoms with E-state index in [1.165, 1.54) is 25.2 Å². The normalized spacial score (nSPS) is 18.4. The van der Waals surface area contributed by atoms with Gasteiger partial charge in [0.2, 0.25) is 0 Å². The molecule has 0 aliphatic carbocycles. The van der Waals surface area contributed by atoms with Crippen LogP contribution in [-0.2, 0) is 10.0 Å². The Morgan fingerprint density at radius 1 is 1.36 bits per heavy atom. The number of hydrogen-bond acceptors (Lipinski definition) is 3. The van der Waals surface area contributed by atoms with Gasteiger partial charge >= 0.3 is 0 Å². The van der Waals surface area contributed by atoms with E-state index in [2.05, 4.69) is 0 Å². The standard InChI is InChI=1S/C8H6ClNO3S/c1-10-8(11)7-5(9)3-2-4-6(7)14(10,12)13/h2-4H,1H3. The highest BCUT2D eigenvalue weighted by Crippen LogP contribution is 2.33. The fraction of sp³-hybridized carbons (Fsp3) is 0.125. The summed E-state index contributed by atoms with van der Waals surface area (Å²) in [5.74, 6) is -0.578. The van der Waals surface area contributed by atoms with Crippen LogP contribution in [0.25, 0.3) is 0 Å². The van der Waals surface area contributed by atoms with Gasteiger partial charge in [-0.15, -0.1) is 0 Å². The minimum atomic E-state index is -3.66. The number of carbonyl (C=O) groups is 1. The molecule has 0 aromatic heterocycles. The zero-order valence-corrected chi connectivity index (χ0v) is 8.76. The first kappa shape index (κ1) is 9.48. The largest absolute Gasteiger partial charge is 0.270 e. The number of halogens is 1. The molecule has 0 unspecified atom stereocenters. The third kappa shape index (κ3) is 0.994. The van der Waals surface area contributed by atoms with Crippen LogP contribution in [0.1, 0.15) is 10.4 Å². The Balaban J connectivity index is 2.88. The molecule has 1 aliphatic rings. The van der Waals surface area contributed by atoms with Crippen molar-refractivity contribution in [2.45, 2.75) is 4.90 Å². The average molecular weight is 232 g/mol. The predicted molar refractivity (Wildman–Crippen MR) is 50.7 cm³/mol. The first-order valence-electron chi connectivity index (χ1n) is 3.78. The third-order valence-corrected chi connectivity index (χ3v) is 4.21. The van der Waals surface area contributed by atoms with E-state index in [0.29, 0.717) is 4.31 Å². The summed E-state index contributed by atoms with van der Waals surface area (Å²) in [6.07, 6.45) is 0. The van der Waals surface area contributed by atoms with Crippen molar-refractivity contribution in [3.8, 4) is 0 Å². The molecular weight excluding hydrogens is 226 g/mol. The minimum Gasteiger partial charge on any atom is -0.268 e. The molecule has 0 fully saturated rings. The maximum absolute atomic E-state index is 11.6. The van der Waals surface area contributed by atoms with Gasteiger partial charge in [0.1, 0.15) is 4.90 Å². The Morgan fingerprint density at radius 3 is 2.57 bits per heavy atom. The topological polar surface area (TPSA) is 54.5 Å². The number of amides is 1. The second-order valence-electron chi connectivity index (χ2n) is 2.89. The molecule has 0 radical (unpaired) electrons. The SMILES string of the molecule is CN1C(=O)c2c(Cl)cccc2S1(=O)=O. The first-order chi connectivity index (χ1) is 6.46. The third-order valence-electron chi connectivity index (χ3n) is 2.11. The summed E-state index contributed by atoms with van der Waals surface area (Å²) in [6.45, 7) is 0. The molecule has 6 heteroatoms. The molecule has 0 saturated carbocycles. The predicted octanol–water partition coefficient (Wildman–Crippen LogP) is 1.11. The van der Waals surface area contributed by atoms with Crippen LogP contribution in [0.3, 0.4) is 0 Å². The second kappa shape index (κ2) is 2.71. The highest BCUT2D eigenvalue weighted by Gasteiger charge is 2.39. The van der Waals surface area contributed by atoms with Crippen molar-refractivity contribution >= 4 is 27.5 Å². The van der Waals surface area contributed by atoms with Gasteiger partial charge < -0.3 is 0 Å². The zero-order chi connectivity index (χ0) is 10.5. The van der Waals surface area contributed by atoms with Gasteiger partial charge in [0.15, 0.2) is 0 Å². The van der Waals surface area contributed by atoms with E-state index in [1.54, 1.807) is 0 Å². The molecule has 1 aromatic rings. The fourth-order valence-corrected chi connectivity index (χ4v) is 2.96. The van der Waals surface area contributed by atoms with E-state index >= 15 is 0 Å². The molecule has 74 valence electrons. The summed E-state index contributed by atoms with van der Waals surface area (Å²) >= 11 is 5.75. The number of fused-ring (bicyclic) bond motifs is 1. The molecule has 0 N–H and O–H groups in total. The molecule has 0 spiro atoms. The van der Waals surface area contributed by atoms with Gasteiger partial charge in [-0.25, -0.2) is 12.7 Å². The van der Waals surface area contributed by atoms with Crippen LogP contribution in [0.2, 0.25) is 5.02 Å². The molecule has 1 heterocycles. The van der Waals surface area contributed by atoms with Crippen molar-refractivity contribution in [3.63, 3.8) is 0 Å². The Bertz CT molecular complexity index is 523. The molecular formula is C8H6ClNO3S. The van der Waals surface area contributed by atoms with Crippen LogP contribution in [0.5, 0.6) is 0 Å². The molecule has 2 rings (SSSR count). The van der Waals surface area contributed by atoms with E-state index in [-0.39, 0.29) is 15.5 Å².